The summed E-state index contributed by atoms with van der Waals surface area (Å²) in [6.07, 6.45) is 2.09. The highest BCUT2D eigenvalue weighted by atomic mass is 32.2. The summed E-state index contributed by atoms with van der Waals surface area (Å²) in [6.45, 7) is 3.34. The average Bonchev–Trinajstić information content (AvgIpc) is 2.89. The third-order valence-electron chi connectivity index (χ3n) is 6.20. The van der Waals surface area contributed by atoms with Gasteiger partial charge in [-0.2, -0.15) is 11.8 Å². The number of nitrogens with one attached hydrogen (secondary N) is 3. The summed E-state index contributed by atoms with van der Waals surface area (Å²) >= 11 is 1.46. The molecule has 0 saturated heterocycles. The van der Waals surface area contributed by atoms with Gasteiger partial charge in [0.2, 0.25) is 11.8 Å². The largest absolute Gasteiger partial charge is 0.480 e. The lowest BCUT2D eigenvalue weighted by atomic mass is 10.0. The molecule has 3 atom stereocenters. The van der Waals surface area contributed by atoms with Crippen LogP contribution < -0.4 is 21.9 Å². The summed E-state index contributed by atoms with van der Waals surface area (Å²) in [5.74, 6) is -2.40. The number of carboxylic acid groups (broad SMARTS) is 1. The van der Waals surface area contributed by atoms with Crippen LogP contribution in [-0.2, 0) is 20.8 Å². The Morgan fingerprint density at radius 3 is 2.26 bits per heavy atom. The molecule has 0 aliphatic rings. The number of carbonyl (C=O) groups excluding carboxylic acids is 2. The van der Waals surface area contributed by atoms with Crippen molar-refractivity contribution in [3.63, 3.8) is 0 Å². The summed E-state index contributed by atoms with van der Waals surface area (Å²) in [5.41, 5.74) is -0.317. The Morgan fingerprint density at radius 1 is 0.974 bits per heavy atom. The third-order valence-corrected chi connectivity index (χ3v) is 6.84. The van der Waals surface area contributed by atoms with E-state index in [1.165, 1.54) is 11.8 Å². The number of nitrogens with zero attached hydrogens (tertiary/aromatic N) is 1. The average molecular weight is 541 g/mol. The van der Waals surface area contributed by atoms with Crippen LogP contribution in [0.5, 0.6) is 0 Å². The van der Waals surface area contributed by atoms with Crippen LogP contribution in [0, 0.1) is 5.92 Å². The molecule has 0 aliphatic heterocycles. The van der Waals surface area contributed by atoms with Gasteiger partial charge in [0.1, 0.15) is 18.1 Å². The van der Waals surface area contributed by atoms with Crippen LogP contribution in [0.3, 0.4) is 0 Å². The van der Waals surface area contributed by atoms with E-state index in [1.54, 1.807) is 62.4 Å². The van der Waals surface area contributed by atoms with Crippen molar-refractivity contribution in [3.05, 3.63) is 81.0 Å². The lowest BCUT2D eigenvalue weighted by Gasteiger charge is -2.25. The molecule has 0 aliphatic carbocycles. The van der Waals surface area contributed by atoms with Gasteiger partial charge in [0.05, 0.1) is 10.9 Å². The fraction of sp³-hybridized carbons (Fsp3) is 0.370. The van der Waals surface area contributed by atoms with E-state index in [0.717, 1.165) is 4.57 Å². The van der Waals surface area contributed by atoms with Gasteiger partial charge in [-0.1, -0.05) is 56.3 Å². The minimum absolute atomic E-state index is 0.0224. The summed E-state index contributed by atoms with van der Waals surface area (Å²) < 4.78 is 0.877. The first-order valence-corrected chi connectivity index (χ1v) is 13.6. The Morgan fingerprint density at radius 2 is 1.63 bits per heavy atom. The third kappa shape index (κ3) is 6.91. The van der Waals surface area contributed by atoms with Crippen molar-refractivity contribution in [3.8, 4) is 0 Å². The summed E-state index contributed by atoms with van der Waals surface area (Å²) in [6, 6.07) is 12.0. The number of thioether (sulfide) groups is 1. The van der Waals surface area contributed by atoms with Crippen molar-refractivity contribution >= 4 is 40.4 Å². The van der Waals surface area contributed by atoms with Gasteiger partial charge >= 0.3 is 11.7 Å². The standard InChI is InChI=1S/C27H32N4O6S/c1-16(2)22(26(35)36)30-23(32)20(13-14-38-3)28-24(33)21(15-17-9-5-4-6-10-17)31-25(34)18-11-7-8-12-19(18)29-27(31)37/h4-12,16,20-22H,13-15H2,1-3H3,(H,28,33)(H,29,37)(H,30,32)(H,35,36)/t20-,21-,22+/m0/s1. The van der Waals surface area contributed by atoms with Crippen LogP contribution in [0.25, 0.3) is 10.9 Å². The molecule has 0 spiro atoms. The second-order valence-corrected chi connectivity index (χ2v) is 10.3. The number of carbonyl (C=O) groups is 3. The quantitative estimate of drug-likeness (QED) is 0.274. The zero-order valence-corrected chi connectivity index (χ0v) is 22.3. The van der Waals surface area contributed by atoms with Crippen LogP contribution in [0.1, 0.15) is 31.9 Å². The summed E-state index contributed by atoms with van der Waals surface area (Å²) in [5, 5.41) is 14.9. The molecule has 202 valence electrons. The molecule has 1 aromatic heterocycles. The van der Waals surface area contributed by atoms with E-state index in [0.29, 0.717) is 16.8 Å². The summed E-state index contributed by atoms with van der Waals surface area (Å²) in [7, 11) is 0. The van der Waals surface area contributed by atoms with E-state index in [-0.39, 0.29) is 24.1 Å². The number of aromatic nitrogens is 2. The molecule has 0 radical (unpaired) electrons. The van der Waals surface area contributed by atoms with E-state index in [9.17, 15) is 29.1 Å². The van der Waals surface area contributed by atoms with E-state index in [1.807, 2.05) is 12.3 Å². The van der Waals surface area contributed by atoms with Crippen molar-refractivity contribution in [1.29, 1.82) is 0 Å². The maximum Gasteiger partial charge on any atom is 0.329 e. The van der Waals surface area contributed by atoms with E-state index >= 15 is 0 Å². The number of rotatable bonds is 12. The molecule has 2 aromatic carbocycles. The van der Waals surface area contributed by atoms with Gasteiger partial charge in [0, 0.05) is 6.42 Å². The highest BCUT2D eigenvalue weighted by Gasteiger charge is 2.32. The lowest BCUT2D eigenvalue weighted by molar-refractivity contribution is -0.143. The molecule has 1 heterocycles. The zero-order valence-electron chi connectivity index (χ0n) is 21.5. The molecular formula is C27H32N4O6S. The number of carboxylic acids is 1. The predicted molar refractivity (Wildman–Crippen MR) is 147 cm³/mol. The SMILES string of the molecule is CSCC[C@H](NC(=O)[C@H](Cc1ccccc1)n1c(=O)[nH]c2ccccc2c1=O)C(=O)N[C@@H](C(=O)O)C(C)C. The second-order valence-electron chi connectivity index (χ2n) is 9.27. The number of benzene rings is 2. The number of amides is 2. The Balaban J connectivity index is 2.01. The zero-order chi connectivity index (χ0) is 27.8. The van der Waals surface area contributed by atoms with Crippen molar-refractivity contribution in [2.45, 2.75) is 44.8 Å². The number of H-pyrrole nitrogens is 1. The molecule has 0 saturated carbocycles. The molecular weight excluding hydrogens is 508 g/mol. The van der Waals surface area contributed by atoms with Gasteiger partial charge in [-0.3, -0.25) is 14.4 Å². The predicted octanol–water partition coefficient (Wildman–Crippen LogP) is 1.94. The molecule has 11 heteroatoms. The van der Waals surface area contributed by atoms with E-state index < -0.39 is 47.2 Å². The van der Waals surface area contributed by atoms with Crippen molar-refractivity contribution in [2.24, 2.45) is 5.92 Å². The van der Waals surface area contributed by atoms with Crippen LogP contribution in [0.4, 0.5) is 0 Å². The highest BCUT2D eigenvalue weighted by molar-refractivity contribution is 7.98. The monoisotopic (exact) mass is 540 g/mol. The van der Waals surface area contributed by atoms with Crippen molar-refractivity contribution in [1.82, 2.24) is 20.2 Å². The fourth-order valence-corrected chi connectivity index (χ4v) is 4.61. The number of aliphatic carboxylic acids is 1. The first-order valence-electron chi connectivity index (χ1n) is 12.2. The smallest absolute Gasteiger partial charge is 0.329 e. The Hall–Kier alpha value is -3.86. The maximum atomic E-state index is 13.7. The number of para-hydroxylation sites is 1. The number of hydrogen-bond acceptors (Lipinski definition) is 6. The normalized spacial score (nSPS) is 13.6. The highest BCUT2D eigenvalue weighted by Crippen LogP contribution is 2.15. The number of fused-ring (bicyclic) bond motifs is 1. The molecule has 0 unspecified atom stereocenters. The molecule has 38 heavy (non-hydrogen) atoms. The molecule has 2 amide bonds. The minimum Gasteiger partial charge on any atom is -0.480 e. The lowest BCUT2D eigenvalue weighted by Crippen LogP contribution is -2.55. The Kier molecular flexibility index (Phi) is 9.89. The Bertz CT molecular complexity index is 1400. The topological polar surface area (TPSA) is 150 Å². The van der Waals surface area contributed by atoms with Gasteiger partial charge in [0.25, 0.3) is 5.56 Å². The van der Waals surface area contributed by atoms with Crippen LogP contribution in [-0.4, -0.2) is 56.5 Å². The van der Waals surface area contributed by atoms with Crippen LogP contribution >= 0.6 is 11.8 Å². The van der Waals surface area contributed by atoms with Crippen molar-refractivity contribution < 1.29 is 19.5 Å². The van der Waals surface area contributed by atoms with Crippen LogP contribution in [0.2, 0.25) is 0 Å². The van der Waals surface area contributed by atoms with E-state index in [4.69, 9.17) is 0 Å². The molecule has 3 aromatic rings. The van der Waals surface area contributed by atoms with Gasteiger partial charge in [0.15, 0.2) is 0 Å². The molecule has 0 bridgehead atoms. The summed E-state index contributed by atoms with van der Waals surface area (Å²) in [4.78, 5) is 67.5. The van der Waals surface area contributed by atoms with Gasteiger partial charge < -0.3 is 20.7 Å². The molecule has 3 rings (SSSR count). The van der Waals surface area contributed by atoms with Gasteiger partial charge in [-0.25, -0.2) is 14.2 Å². The van der Waals surface area contributed by atoms with Gasteiger partial charge in [-0.15, -0.1) is 0 Å². The minimum atomic E-state index is -1.26. The molecule has 0 fully saturated rings. The fourth-order valence-electron chi connectivity index (χ4n) is 4.14. The first-order chi connectivity index (χ1) is 18.1. The van der Waals surface area contributed by atoms with Crippen molar-refractivity contribution in [2.75, 3.05) is 12.0 Å². The maximum absolute atomic E-state index is 13.7. The number of hydrogen-bond donors (Lipinski definition) is 4. The number of aromatic amines is 1. The Labute approximate surface area is 223 Å². The van der Waals surface area contributed by atoms with Crippen LogP contribution in [0.15, 0.2) is 64.2 Å². The molecule has 4 N–H and O–H groups in total. The first kappa shape index (κ1) is 28.7. The van der Waals surface area contributed by atoms with Gasteiger partial charge in [-0.05, 0) is 42.0 Å². The second kappa shape index (κ2) is 13.1. The molecule has 10 nitrogen and oxygen atoms in total. The van der Waals surface area contributed by atoms with E-state index in [2.05, 4.69) is 15.6 Å².